The number of nitrogens with zero attached hydrogens (tertiary/aromatic N) is 1. The van der Waals surface area contributed by atoms with Crippen molar-refractivity contribution in [1.29, 1.82) is 0 Å². The van der Waals surface area contributed by atoms with E-state index in [2.05, 4.69) is 43.1 Å². The molecule has 0 radical (unpaired) electrons. The van der Waals surface area contributed by atoms with Gasteiger partial charge in [0.1, 0.15) is 0 Å². The van der Waals surface area contributed by atoms with Gasteiger partial charge in [0, 0.05) is 11.7 Å². The maximum atomic E-state index is 9.35. The molecule has 110 valence electrons. The van der Waals surface area contributed by atoms with Crippen LogP contribution in [-0.2, 0) is 13.0 Å². The number of benzene rings is 2. The van der Waals surface area contributed by atoms with E-state index in [4.69, 9.17) is 5.73 Å². The van der Waals surface area contributed by atoms with E-state index in [9.17, 15) is 5.11 Å². The van der Waals surface area contributed by atoms with Crippen LogP contribution < -0.4 is 5.73 Å². The molecule has 1 heterocycles. The molecule has 1 aliphatic rings. The van der Waals surface area contributed by atoms with Gasteiger partial charge in [-0.1, -0.05) is 30.3 Å². The van der Waals surface area contributed by atoms with Crippen molar-refractivity contribution < 1.29 is 5.11 Å². The fraction of sp³-hybridized carbons (Fsp3) is 0.333. The summed E-state index contributed by atoms with van der Waals surface area (Å²) in [6.45, 7) is 2.35. The Morgan fingerprint density at radius 1 is 1.19 bits per heavy atom. The Kier molecular flexibility index (Phi) is 3.70. The predicted molar refractivity (Wildman–Crippen MR) is 86.0 cm³/mol. The second-order valence-corrected chi connectivity index (χ2v) is 5.98. The molecule has 2 aromatic rings. The zero-order valence-electron chi connectivity index (χ0n) is 12.6. The molecule has 3 rings (SSSR count). The third kappa shape index (κ3) is 2.55. The molecule has 3 heteroatoms. The van der Waals surface area contributed by atoms with Crippen molar-refractivity contribution in [1.82, 2.24) is 4.90 Å². The van der Waals surface area contributed by atoms with E-state index < -0.39 is 0 Å². The first kappa shape index (κ1) is 14.1. The molecule has 0 aliphatic carbocycles. The van der Waals surface area contributed by atoms with E-state index in [1.54, 1.807) is 0 Å². The Labute approximate surface area is 126 Å². The summed E-state index contributed by atoms with van der Waals surface area (Å²) < 4.78 is 0. The van der Waals surface area contributed by atoms with Crippen LogP contribution in [0.3, 0.4) is 0 Å². The smallest absolute Gasteiger partial charge is 0.0681 e. The second-order valence-electron chi connectivity index (χ2n) is 5.98. The summed E-state index contributed by atoms with van der Waals surface area (Å²) in [5, 5.41) is 9.35. The van der Waals surface area contributed by atoms with Gasteiger partial charge in [-0.05, 0) is 54.8 Å². The lowest BCUT2D eigenvalue weighted by Crippen LogP contribution is -2.39. The van der Waals surface area contributed by atoms with Crippen LogP contribution in [0.1, 0.15) is 35.2 Å². The molecule has 3 N–H and O–H groups in total. The highest BCUT2D eigenvalue weighted by Gasteiger charge is 2.30. The molecular weight excluding hydrogens is 260 g/mol. The van der Waals surface area contributed by atoms with E-state index in [-0.39, 0.29) is 12.6 Å². The van der Waals surface area contributed by atoms with Gasteiger partial charge in [0.05, 0.1) is 12.6 Å². The van der Waals surface area contributed by atoms with E-state index >= 15 is 0 Å². The summed E-state index contributed by atoms with van der Waals surface area (Å²) in [5.41, 5.74) is 11.5. The molecule has 21 heavy (non-hydrogen) atoms. The molecule has 0 saturated heterocycles. The largest absolute Gasteiger partial charge is 0.399 e. The summed E-state index contributed by atoms with van der Waals surface area (Å²) in [7, 11) is 2.18. The molecule has 0 aromatic heterocycles. The minimum Gasteiger partial charge on any atom is -0.399 e. The van der Waals surface area contributed by atoms with Crippen LogP contribution in [-0.4, -0.2) is 23.1 Å². The molecule has 0 amide bonds. The minimum absolute atomic E-state index is 0.101. The molecule has 0 spiro atoms. The lowest BCUT2D eigenvalue weighted by molar-refractivity contribution is 0.193. The number of hydrogen-bond donors (Lipinski definition) is 2. The SMILES string of the molecule is C[C@H]1Cc2cc(CO)ccc2C(c2ccc(N)cc2)N1C. The second kappa shape index (κ2) is 5.51. The van der Waals surface area contributed by atoms with Gasteiger partial charge in [0.25, 0.3) is 0 Å². The Balaban J connectivity index is 2.09. The van der Waals surface area contributed by atoms with Crippen molar-refractivity contribution in [3.63, 3.8) is 0 Å². The van der Waals surface area contributed by atoms with Crippen molar-refractivity contribution in [2.75, 3.05) is 12.8 Å². The average Bonchev–Trinajstić information content (AvgIpc) is 2.49. The van der Waals surface area contributed by atoms with Gasteiger partial charge in [0.15, 0.2) is 0 Å². The number of aliphatic hydroxyl groups is 1. The van der Waals surface area contributed by atoms with Crippen molar-refractivity contribution in [2.45, 2.75) is 32.0 Å². The quantitative estimate of drug-likeness (QED) is 0.833. The summed E-state index contributed by atoms with van der Waals surface area (Å²) >= 11 is 0. The lowest BCUT2D eigenvalue weighted by Gasteiger charge is -2.40. The summed E-state index contributed by atoms with van der Waals surface area (Å²) in [6, 6.07) is 15.2. The number of aliphatic hydroxyl groups excluding tert-OH is 1. The average molecular weight is 282 g/mol. The van der Waals surface area contributed by atoms with Crippen molar-refractivity contribution in [3.8, 4) is 0 Å². The molecular formula is C18H22N2O. The van der Waals surface area contributed by atoms with Gasteiger partial charge < -0.3 is 10.8 Å². The van der Waals surface area contributed by atoms with Gasteiger partial charge in [0.2, 0.25) is 0 Å². The maximum Gasteiger partial charge on any atom is 0.0681 e. The van der Waals surface area contributed by atoms with E-state index in [1.165, 1.54) is 16.7 Å². The number of fused-ring (bicyclic) bond motifs is 1. The Morgan fingerprint density at radius 2 is 1.90 bits per heavy atom. The first-order valence-corrected chi connectivity index (χ1v) is 7.40. The zero-order chi connectivity index (χ0) is 15.0. The summed E-state index contributed by atoms with van der Waals surface area (Å²) in [5.74, 6) is 0. The molecule has 2 aromatic carbocycles. The van der Waals surface area contributed by atoms with Crippen molar-refractivity contribution in [3.05, 3.63) is 64.7 Å². The van der Waals surface area contributed by atoms with Gasteiger partial charge in [-0.25, -0.2) is 0 Å². The number of hydrogen-bond acceptors (Lipinski definition) is 3. The molecule has 1 unspecified atom stereocenters. The normalized spacial score (nSPS) is 22.0. The Morgan fingerprint density at radius 3 is 2.57 bits per heavy atom. The maximum absolute atomic E-state index is 9.35. The summed E-state index contributed by atoms with van der Waals surface area (Å²) in [4.78, 5) is 2.41. The molecule has 0 fully saturated rings. The highest BCUT2D eigenvalue weighted by molar-refractivity contribution is 5.46. The fourth-order valence-electron chi connectivity index (χ4n) is 3.23. The fourth-order valence-corrected chi connectivity index (χ4v) is 3.23. The van der Waals surface area contributed by atoms with Crippen LogP contribution in [0.4, 0.5) is 5.69 Å². The monoisotopic (exact) mass is 282 g/mol. The van der Waals surface area contributed by atoms with Gasteiger partial charge in [-0.2, -0.15) is 0 Å². The van der Waals surface area contributed by atoms with E-state index in [1.807, 2.05) is 18.2 Å². The van der Waals surface area contributed by atoms with E-state index in [0.29, 0.717) is 6.04 Å². The number of rotatable bonds is 2. The van der Waals surface area contributed by atoms with Crippen LogP contribution in [0, 0.1) is 0 Å². The highest BCUT2D eigenvalue weighted by atomic mass is 16.3. The number of nitrogens with two attached hydrogens (primary N) is 1. The Bertz CT molecular complexity index is 636. The number of likely N-dealkylation sites (N-methyl/N-ethyl adjacent to an activating group) is 1. The standard InChI is InChI=1S/C18H22N2O/c1-12-9-15-10-13(11-21)3-8-17(15)18(20(12)2)14-4-6-16(19)7-5-14/h3-8,10,12,18,21H,9,11,19H2,1-2H3/t12-,18?/m0/s1. The van der Waals surface area contributed by atoms with Crippen LogP contribution in [0.5, 0.6) is 0 Å². The Hall–Kier alpha value is -1.84. The zero-order valence-corrected chi connectivity index (χ0v) is 12.6. The minimum atomic E-state index is 0.101. The molecule has 1 aliphatic heterocycles. The lowest BCUT2D eigenvalue weighted by atomic mass is 9.84. The predicted octanol–water partition coefficient (Wildman–Crippen LogP) is 2.73. The van der Waals surface area contributed by atoms with Crippen LogP contribution in [0.25, 0.3) is 0 Å². The van der Waals surface area contributed by atoms with Crippen molar-refractivity contribution in [2.24, 2.45) is 0 Å². The number of nitrogen functional groups attached to an aromatic ring is 1. The first-order valence-electron chi connectivity index (χ1n) is 7.40. The number of anilines is 1. The van der Waals surface area contributed by atoms with Crippen LogP contribution >= 0.6 is 0 Å². The van der Waals surface area contributed by atoms with Crippen LogP contribution in [0.15, 0.2) is 42.5 Å². The van der Waals surface area contributed by atoms with Gasteiger partial charge in [-0.3, -0.25) is 4.90 Å². The first-order chi connectivity index (χ1) is 10.1. The molecule has 3 nitrogen and oxygen atoms in total. The van der Waals surface area contributed by atoms with Gasteiger partial charge >= 0.3 is 0 Å². The molecule has 0 saturated carbocycles. The van der Waals surface area contributed by atoms with Crippen LogP contribution in [0.2, 0.25) is 0 Å². The topological polar surface area (TPSA) is 49.5 Å². The van der Waals surface area contributed by atoms with E-state index in [0.717, 1.165) is 17.7 Å². The molecule has 0 bridgehead atoms. The summed E-state index contributed by atoms with van der Waals surface area (Å²) in [6.07, 6.45) is 1.02. The third-order valence-corrected chi connectivity index (χ3v) is 4.55. The highest BCUT2D eigenvalue weighted by Crippen LogP contribution is 2.37. The molecule has 2 atom stereocenters. The third-order valence-electron chi connectivity index (χ3n) is 4.55. The van der Waals surface area contributed by atoms with Crippen molar-refractivity contribution >= 4 is 5.69 Å². The van der Waals surface area contributed by atoms with Gasteiger partial charge in [-0.15, -0.1) is 0 Å².